The largest absolute Gasteiger partial charge is 0.466 e. The van der Waals surface area contributed by atoms with E-state index in [0.29, 0.717) is 18.7 Å². The average Bonchev–Trinajstić information content (AvgIpc) is 2.22. The second-order valence-corrected chi connectivity index (χ2v) is 2.87. The van der Waals surface area contributed by atoms with Crippen LogP contribution in [0.1, 0.15) is 6.92 Å². The van der Waals surface area contributed by atoms with E-state index in [0.717, 1.165) is 0 Å². The van der Waals surface area contributed by atoms with Crippen LogP contribution in [0.4, 0.5) is 0 Å². The average molecular weight is 203 g/mol. The monoisotopic (exact) mass is 203 g/mol. The molecule has 0 bridgehead atoms. The molecule has 14 heavy (non-hydrogen) atoms. The smallest absolute Gasteiger partial charge is 0.333 e. The molecular weight excluding hydrogens is 186 g/mol. The van der Waals surface area contributed by atoms with Crippen LogP contribution in [-0.2, 0) is 9.53 Å². The third kappa shape index (κ3) is 5.69. The Balaban J connectivity index is 3.66. The van der Waals surface area contributed by atoms with Gasteiger partial charge in [0.2, 0.25) is 0 Å². The number of ether oxygens (including phenoxy) is 1. The lowest BCUT2D eigenvalue weighted by atomic mass is 10.3. The molecule has 0 rings (SSSR count). The minimum absolute atomic E-state index is 0.271. The lowest BCUT2D eigenvalue weighted by molar-refractivity contribution is -0.136. The van der Waals surface area contributed by atoms with Crippen molar-refractivity contribution in [1.82, 2.24) is 5.32 Å². The number of aliphatic hydroxyl groups excluding tert-OH is 2. The van der Waals surface area contributed by atoms with Crippen LogP contribution in [0.15, 0.2) is 11.6 Å². The van der Waals surface area contributed by atoms with E-state index >= 15 is 0 Å². The molecule has 3 N–H and O–H groups in total. The summed E-state index contributed by atoms with van der Waals surface area (Å²) in [6.07, 6.45) is 0.900. The van der Waals surface area contributed by atoms with Crippen LogP contribution in [-0.4, -0.2) is 49.1 Å². The molecule has 0 amide bonds. The van der Waals surface area contributed by atoms with Gasteiger partial charge in [-0.1, -0.05) is 6.08 Å². The fourth-order valence-corrected chi connectivity index (χ4v) is 0.784. The first-order valence-electron chi connectivity index (χ1n) is 4.36. The van der Waals surface area contributed by atoms with Gasteiger partial charge in [0, 0.05) is 18.7 Å². The zero-order valence-corrected chi connectivity index (χ0v) is 8.49. The molecule has 5 heteroatoms. The van der Waals surface area contributed by atoms with Gasteiger partial charge < -0.3 is 20.3 Å². The van der Waals surface area contributed by atoms with Gasteiger partial charge in [0.15, 0.2) is 0 Å². The lowest BCUT2D eigenvalue weighted by Crippen LogP contribution is -2.29. The van der Waals surface area contributed by atoms with Crippen molar-refractivity contribution in [2.24, 2.45) is 0 Å². The van der Waals surface area contributed by atoms with Crippen LogP contribution in [0.2, 0.25) is 0 Å². The highest BCUT2D eigenvalue weighted by Crippen LogP contribution is 1.93. The Kier molecular flexibility index (Phi) is 7.00. The van der Waals surface area contributed by atoms with Crippen molar-refractivity contribution in [2.45, 2.75) is 13.0 Å². The zero-order chi connectivity index (χ0) is 11.0. The van der Waals surface area contributed by atoms with Crippen LogP contribution in [0.25, 0.3) is 0 Å². The van der Waals surface area contributed by atoms with Gasteiger partial charge in [-0.25, -0.2) is 4.79 Å². The molecule has 82 valence electrons. The molecule has 0 heterocycles. The molecule has 0 saturated heterocycles. The highest BCUT2D eigenvalue weighted by Gasteiger charge is 2.02. The summed E-state index contributed by atoms with van der Waals surface area (Å²) in [6.45, 7) is 2.13. The summed E-state index contributed by atoms with van der Waals surface area (Å²) in [4.78, 5) is 10.9. The third-order valence-electron chi connectivity index (χ3n) is 1.65. The van der Waals surface area contributed by atoms with E-state index in [-0.39, 0.29) is 12.6 Å². The molecule has 5 nitrogen and oxygen atoms in total. The summed E-state index contributed by atoms with van der Waals surface area (Å²) in [5, 5.41) is 20.3. The normalized spacial score (nSPS) is 13.9. The molecule has 0 radical (unpaired) electrons. The number of hydrogen-bond acceptors (Lipinski definition) is 5. The number of rotatable bonds is 6. The molecule has 0 saturated carbocycles. The van der Waals surface area contributed by atoms with Crippen LogP contribution in [0, 0.1) is 0 Å². The van der Waals surface area contributed by atoms with Crippen molar-refractivity contribution in [1.29, 1.82) is 0 Å². The number of esters is 1. The van der Waals surface area contributed by atoms with E-state index in [1.165, 1.54) is 7.11 Å². The zero-order valence-electron chi connectivity index (χ0n) is 8.49. The van der Waals surface area contributed by atoms with Gasteiger partial charge in [-0.3, -0.25) is 0 Å². The van der Waals surface area contributed by atoms with Crippen LogP contribution in [0.5, 0.6) is 0 Å². The van der Waals surface area contributed by atoms with Gasteiger partial charge in [0.25, 0.3) is 0 Å². The Hall–Kier alpha value is -0.910. The number of aliphatic hydroxyl groups is 2. The standard InChI is InChI=1S/C9H17NO4/c1-7(9(13)14-2)3-4-10-5-8(12)6-11/h3,8,10-12H,4-6H2,1-2H3. The Morgan fingerprint density at radius 2 is 2.29 bits per heavy atom. The molecule has 1 unspecified atom stereocenters. The molecule has 0 aromatic rings. The Bertz CT molecular complexity index is 203. The van der Waals surface area contributed by atoms with E-state index in [9.17, 15) is 4.79 Å². The summed E-state index contributed by atoms with van der Waals surface area (Å²) in [5.74, 6) is -0.366. The molecule has 0 aliphatic heterocycles. The summed E-state index contributed by atoms with van der Waals surface area (Å²) >= 11 is 0. The second-order valence-electron chi connectivity index (χ2n) is 2.87. The topological polar surface area (TPSA) is 78.8 Å². The van der Waals surface area contributed by atoms with E-state index < -0.39 is 6.10 Å². The fraction of sp³-hybridized carbons (Fsp3) is 0.667. The number of nitrogens with one attached hydrogen (secondary N) is 1. The van der Waals surface area contributed by atoms with Gasteiger partial charge in [-0.05, 0) is 6.92 Å². The van der Waals surface area contributed by atoms with Crippen LogP contribution in [0.3, 0.4) is 0 Å². The Morgan fingerprint density at radius 3 is 2.79 bits per heavy atom. The predicted molar refractivity (Wildman–Crippen MR) is 51.7 cm³/mol. The quantitative estimate of drug-likeness (QED) is 0.295. The number of carbonyl (C=O) groups excluding carboxylic acids is 1. The highest BCUT2D eigenvalue weighted by atomic mass is 16.5. The minimum atomic E-state index is -0.762. The van der Waals surface area contributed by atoms with Gasteiger partial charge in [-0.2, -0.15) is 0 Å². The van der Waals surface area contributed by atoms with Crippen LogP contribution >= 0.6 is 0 Å². The SMILES string of the molecule is COC(=O)C(C)=CCNCC(O)CO. The molecule has 0 spiro atoms. The maximum atomic E-state index is 10.9. The minimum Gasteiger partial charge on any atom is -0.466 e. The van der Waals surface area contributed by atoms with Crippen molar-refractivity contribution < 1.29 is 19.7 Å². The van der Waals surface area contributed by atoms with Crippen molar-refractivity contribution in [3.8, 4) is 0 Å². The number of methoxy groups -OCH3 is 1. The lowest BCUT2D eigenvalue weighted by Gasteiger charge is -2.06. The second kappa shape index (κ2) is 7.49. The van der Waals surface area contributed by atoms with Gasteiger partial charge in [0.05, 0.1) is 19.8 Å². The maximum Gasteiger partial charge on any atom is 0.333 e. The van der Waals surface area contributed by atoms with Gasteiger partial charge in [0.1, 0.15) is 0 Å². The predicted octanol–water partition coefficient (Wildman–Crippen LogP) is -0.952. The third-order valence-corrected chi connectivity index (χ3v) is 1.65. The number of carbonyl (C=O) groups is 1. The molecule has 0 aliphatic carbocycles. The first-order chi connectivity index (χ1) is 6.61. The molecule has 0 aromatic carbocycles. The highest BCUT2D eigenvalue weighted by molar-refractivity contribution is 5.87. The van der Waals surface area contributed by atoms with Crippen molar-refractivity contribution in [3.05, 3.63) is 11.6 Å². The van der Waals surface area contributed by atoms with Crippen molar-refractivity contribution in [2.75, 3.05) is 26.8 Å². The van der Waals surface area contributed by atoms with Gasteiger partial charge in [-0.15, -0.1) is 0 Å². The van der Waals surface area contributed by atoms with E-state index in [1.54, 1.807) is 13.0 Å². The van der Waals surface area contributed by atoms with Crippen molar-refractivity contribution >= 4 is 5.97 Å². The summed E-state index contributed by atoms with van der Waals surface area (Å²) < 4.78 is 4.49. The van der Waals surface area contributed by atoms with Crippen LogP contribution < -0.4 is 5.32 Å². The van der Waals surface area contributed by atoms with Gasteiger partial charge >= 0.3 is 5.97 Å². The Labute approximate surface area is 83.4 Å². The molecule has 0 fully saturated rings. The van der Waals surface area contributed by atoms with E-state index in [4.69, 9.17) is 10.2 Å². The molecule has 0 aromatic heterocycles. The first-order valence-corrected chi connectivity index (χ1v) is 4.36. The Morgan fingerprint density at radius 1 is 1.64 bits per heavy atom. The fourth-order valence-electron chi connectivity index (χ4n) is 0.784. The first kappa shape index (κ1) is 13.1. The molecule has 1 atom stereocenters. The van der Waals surface area contributed by atoms with Crippen molar-refractivity contribution in [3.63, 3.8) is 0 Å². The van der Waals surface area contributed by atoms with E-state index in [1.807, 2.05) is 0 Å². The van der Waals surface area contributed by atoms with E-state index in [2.05, 4.69) is 10.1 Å². The maximum absolute atomic E-state index is 10.9. The number of hydrogen-bond donors (Lipinski definition) is 3. The summed E-state index contributed by atoms with van der Waals surface area (Å²) in [5.41, 5.74) is 0.512. The summed E-state index contributed by atoms with van der Waals surface area (Å²) in [6, 6.07) is 0. The molecule has 0 aliphatic rings. The molecular formula is C9H17NO4. The summed E-state index contributed by atoms with van der Waals surface area (Å²) in [7, 11) is 1.32.